The van der Waals surface area contributed by atoms with Gasteiger partial charge in [-0.1, -0.05) is 30.3 Å². The molecule has 0 aliphatic carbocycles. The van der Waals surface area contributed by atoms with Crippen LogP contribution in [0.3, 0.4) is 0 Å². The second kappa shape index (κ2) is 10.1. The highest BCUT2D eigenvalue weighted by Gasteiger charge is 2.28. The van der Waals surface area contributed by atoms with Crippen molar-refractivity contribution < 1.29 is 26.7 Å². The van der Waals surface area contributed by atoms with Crippen LogP contribution >= 0.6 is 0 Å². The Morgan fingerprint density at radius 2 is 1.86 bits per heavy atom. The normalized spacial score (nSPS) is 12.7. The molecule has 1 aromatic carbocycles. The van der Waals surface area contributed by atoms with Crippen LogP contribution in [0.2, 0.25) is 0 Å². The topological polar surface area (TPSA) is 116 Å². The first-order chi connectivity index (χ1) is 17.1. The Balaban J connectivity index is 1.90. The van der Waals surface area contributed by atoms with Crippen LogP contribution < -0.4 is 15.2 Å². The Morgan fingerprint density at radius 3 is 2.50 bits per heavy atom. The number of H-pyrrole nitrogens is 1. The molecule has 9 nitrogen and oxygen atoms in total. The number of fused-ring (bicyclic) bond motifs is 1. The summed E-state index contributed by atoms with van der Waals surface area (Å²) in [5.41, 5.74) is 2.67. The van der Waals surface area contributed by atoms with Crippen LogP contribution in [0, 0.1) is 6.92 Å². The summed E-state index contributed by atoms with van der Waals surface area (Å²) in [5.74, 6) is -1.03. The highest BCUT2D eigenvalue weighted by atomic mass is 32.2. The van der Waals surface area contributed by atoms with Gasteiger partial charge in [-0.15, -0.1) is 0 Å². The zero-order chi connectivity index (χ0) is 26.0. The van der Waals surface area contributed by atoms with Gasteiger partial charge in [0.1, 0.15) is 9.84 Å². The molecule has 190 valence electrons. The quantitative estimate of drug-likeness (QED) is 0.359. The van der Waals surface area contributed by atoms with E-state index in [0.717, 1.165) is 22.9 Å². The van der Waals surface area contributed by atoms with Gasteiger partial charge in [0.05, 0.1) is 29.6 Å². The van der Waals surface area contributed by atoms with E-state index in [1.165, 1.54) is 16.7 Å². The summed E-state index contributed by atoms with van der Waals surface area (Å²) in [6.45, 7) is 0.462. The number of sulfone groups is 1. The zero-order valence-corrected chi connectivity index (χ0v) is 20.6. The number of nitrogens with one attached hydrogen (secondary N) is 1. The van der Waals surface area contributed by atoms with Gasteiger partial charge in [0.2, 0.25) is 0 Å². The van der Waals surface area contributed by atoms with Crippen molar-refractivity contribution in [2.24, 2.45) is 0 Å². The molecule has 0 radical (unpaired) electrons. The molecule has 0 saturated carbocycles. The van der Waals surface area contributed by atoms with Crippen molar-refractivity contribution in [3.8, 4) is 22.8 Å². The van der Waals surface area contributed by atoms with Crippen LogP contribution in [-0.4, -0.2) is 53.2 Å². The minimum absolute atomic E-state index is 0.100. The molecule has 1 N–H and O–H groups in total. The Hall–Kier alpha value is -3.80. The van der Waals surface area contributed by atoms with Crippen molar-refractivity contribution in [3.63, 3.8) is 0 Å². The van der Waals surface area contributed by atoms with Gasteiger partial charge in [0.15, 0.2) is 11.4 Å². The molecular weight excluding hydrogens is 494 g/mol. The predicted octanol–water partition coefficient (Wildman–Crippen LogP) is 3.73. The van der Waals surface area contributed by atoms with E-state index in [9.17, 15) is 22.0 Å². The van der Waals surface area contributed by atoms with E-state index in [-0.39, 0.29) is 29.6 Å². The summed E-state index contributed by atoms with van der Waals surface area (Å²) in [5, 5.41) is 0. The SMILES string of the molecule is CCOc1nc(C(CS(C)(=O)=O)n2c(=O)[nH]c3c(C)c(-c4ccccc4)cnc32)ccc1OC(F)F. The summed E-state index contributed by atoms with van der Waals surface area (Å²) in [7, 11) is -3.63. The van der Waals surface area contributed by atoms with Crippen molar-refractivity contribution >= 4 is 21.0 Å². The number of hydrogen-bond acceptors (Lipinski definition) is 7. The predicted molar refractivity (Wildman–Crippen MR) is 130 cm³/mol. The van der Waals surface area contributed by atoms with E-state index in [1.54, 1.807) is 13.1 Å². The summed E-state index contributed by atoms with van der Waals surface area (Å²) in [4.78, 5) is 24.7. The van der Waals surface area contributed by atoms with E-state index in [2.05, 4.69) is 19.7 Å². The van der Waals surface area contributed by atoms with E-state index < -0.39 is 33.9 Å². The Morgan fingerprint density at radius 1 is 1.14 bits per heavy atom. The largest absolute Gasteiger partial charge is 0.475 e. The number of aryl methyl sites for hydroxylation is 1. The fourth-order valence-electron chi connectivity index (χ4n) is 4.02. The van der Waals surface area contributed by atoms with E-state index >= 15 is 0 Å². The van der Waals surface area contributed by atoms with Crippen LogP contribution in [0.15, 0.2) is 53.5 Å². The van der Waals surface area contributed by atoms with E-state index in [0.29, 0.717) is 5.52 Å². The van der Waals surface area contributed by atoms with Gasteiger partial charge in [-0.2, -0.15) is 8.78 Å². The second-order valence-corrected chi connectivity index (χ2v) is 10.3. The summed E-state index contributed by atoms with van der Waals surface area (Å²) in [6, 6.07) is 10.9. The molecule has 4 aromatic rings. The van der Waals surface area contributed by atoms with E-state index in [1.807, 2.05) is 37.3 Å². The summed E-state index contributed by atoms with van der Waals surface area (Å²) < 4.78 is 61.4. The fraction of sp³-hybridized carbons (Fsp3) is 0.292. The number of ether oxygens (including phenoxy) is 2. The minimum Gasteiger partial charge on any atom is -0.475 e. The lowest BCUT2D eigenvalue weighted by atomic mass is 10.0. The lowest BCUT2D eigenvalue weighted by Gasteiger charge is -2.19. The molecular formula is C24H24F2N4O5S. The van der Waals surface area contributed by atoms with Crippen molar-refractivity contribution in [2.45, 2.75) is 26.5 Å². The molecule has 0 fully saturated rings. The Labute approximate surface area is 205 Å². The highest BCUT2D eigenvalue weighted by Crippen LogP contribution is 2.32. The molecule has 3 heterocycles. The van der Waals surface area contributed by atoms with Gasteiger partial charge in [-0.3, -0.25) is 4.57 Å². The summed E-state index contributed by atoms with van der Waals surface area (Å²) in [6.07, 6.45) is 2.65. The first-order valence-corrected chi connectivity index (χ1v) is 13.1. The minimum atomic E-state index is -3.63. The third-order valence-electron chi connectivity index (χ3n) is 5.54. The average molecular weight is 519 g/mol. The zero-order valence-electron chi connectivity index (χ0n) is 19.7. The molecule has 0 spiro atoms. The van der Waals surface area contributed by atoms with Crippen molar-refractivity contribution in [1.29, 1.82) is 0 Å². The maximum Gasteiger partial charge on any atom is 0.387 e. The number of halogens is 2. The number of hydrogen-bond donors (Lipinski definition) is 1. The fourth-order valence-corrected chi connectivity index (χ4v) is 4.91. The van der Waals surface area contributed by atoms with Crippen LogP contribution in [0.25, 0.3) is 22.3 Å². The number of imidazole rings is 1. The monoisotopic (exact) mass is 518 g/mol. The molecule has 12 heteroatoms. The maximum absolute atomic E-state index is 13.2. The van der Waals surface area contributed by atoms with Crippen molar-refractivity contribution in [1.82, 2.24) is 19.5 Å². The molecule has 1 atom stereocenters. The molecule has 0 bridgehead atoms. The standard InChI is InChI=1S/C24H24F2N4O5S/c1-4-34-22-19(35-23(25)26)11-10-17(28-22)18(13-36(3,32)33)30-21-20(29-24(30)31)14(2)16(12-27-21)15-8-6-5-7-9-15/h5-12,18,23H,4,13H2,1-3H3,(H,29,31). The number of rotatable bonds is 9. The van der Waals surface area contributed by atoms with E-state index in [4.69, 9.17) is 4.74 Å². The molecule has 0 amide bonds. The number of aromatic nitrogens is 4. The molecule has 0 saturated heterocycles. The highest BCUT2D eigenvalue weighted by molar-refractivity contribution is 7.90. The third-order valence-corrected chi connectivity index (χ3v) is 6.46. The van der Waals surface area contributed by atoms with Gasteiger partial charge in [-0.05, 0) is 37.1 Å². The van der Waals surface area contributed by atoms with Gasteiger partial charge >= 0.3 is 12.3 Å². The Kier molecular flexibility index (Phi) is 7.07. The number of pyridine rings is 2. The molecule has 0 aliphatic heterocycles. The summed E-state index contributed by atoms with van der Waals surface area (Å²) >= 11 is 0. The maximum atomic E-state index is 13.2. The Bertz CT molecular complexity index is 1550. The lowest BCUT2D eigenvalue weighted by Crippen LogP contribution is -2.29. The number of nitrogens with zero attached hydrogens (tertiary/aromatic N) is 3. The number of benzene rings is 1. The van der Waals surface area contributed by atoms with Crippen LogP contribution in [0.1, 0.15) is 24.2 Å². The van der Waals surface area contributed by atoms with Gasteiger partial charge in [0, 0.05) is 18.0 Å². The first kappa shape index (κ1) is 25.3. The molecule has 4 rings (SSSR count). The van der Waals surface area contributed by atoms with Crippen LogP contribution in [0.5, 0.6) is 11.6 Å². The van der Waals surface area contributed by atoms with Gasteiger partial charge in [-0.25, -0.2) is 23.2 Å². The molecule has 0 aliphatic rings. The molecule has 1 unspecified atom stereocenters. The van der Waals surface area contributed by atoms with Crippen LogP contribution in [0.4, 0.5) is 8.78 Å². The van der Waals surface area contributed by atoms with Crippen molar-refractivity contribution in [2.75, 3.05) is 18.6 Å². The lowest BCUT2D eigenvalue weighted by molar-refractivity contribution is -0.0518. The molecule has 3 aromatic heterocycles. The molecule has 36 heavy (non-hydrogen) atoms. The average Bonchev–Trinajstić information content (AvgIpc) is 3.15. The van der Waals surface area contributed by atoms with Crippen molar-refractivity contribution in [3.05, 3.63) is 70.4 Å². The number of aromatic amines is 1. The smallest absolute Gasteiger partial charge is 0.387 e. The third kappa shape index (κ3) is 5.23. The van der Waals surface area contributed by atoms with Crippen LogP contribution in [-0.2, 0) is 9.84 Å². The van der Waals surface area contributed by atoms with Gasteiger partial charge < -0.3 is 14.5 Å². The second-order valence-electron chi connectivity index (χ2n) is 8.12. The van der Waals surface area contributed by atoms with Gasteiger partial charge in [0.25, 0.3) is 5.88 Å². The number of alkyl halides is 2. The first-order valence-electron chi connectivity index (χ1n) is 11.0.